The van der Waals surface area contributed by atoms with Gasteiger partial charge in [-0.25, -0.2) is 0 Å². The quantitative estimate of drug-likeness (QED) is 0.812. The van der Waals surface area contributed by atoms with Crippen LogP contribution in [0.1, 0.15) is 41.7 Å². The van der Waals surface area contributed by atoms with Crippen LogP contribution in [0.25, 0.3) is 0 Å². The van der Waals surface area contributed by atoms with Crippen LogP contribution < -0.4 is 5.32 Å². The number of hydrogen-bond donors (Lipinski definition) is 2. The molecule has 2 N–H and O–H groups in total. The third-order valence-electron chi connectivity index (χ3n) is 3.52. The molecule has 118 valence electrons. The number of H-pyrrole nitrogens is 1. The van der Waals surface area contributed by atoms with Gasteiger partial charge in [-0.1, -0.05) is 0 Å². The number of aromatic amines is 1. The van der Waals surface area contributed by atoms with Crippen LogP contribution in [-0.2, 0) is 20.6 Å². The molecule has 1 aromatic heterocycles. The molecule has 1 aliphatic rings. The number of amides is 1. The summed E-state index contributed by atoms with van der Waals surface area (Å²) >= 11 is 0. The summed E-state index contributed by atoms with van der Waals surface area (Å²) in [5, 5.41) is 9.96. The molecule has 7 heteroatoms. The summed E-state index contributed by atoms with van der Waals surface area (Å²) in [4.78, 5) is 12.4. The Morgan fingerprint density at radius 1 is 1.43 bits per heavy atom. The number of methoxy groups -OCH3 is 2. The highest BCUT2D eigenvalue weighted by atomic mass is 16.5. The van der Waals surface area contributed by atoms with Crippen LogP contribution in [0.3, 0.4) is 0 Å². The van der Waals surface area contributed by atoms with E-state index in [4.69, 9.17) is 14.2 Å². The fourth-order valence-corrected chi connectivity index (χ4v) is 2.65. The third kappa shape index (κ3) is 3.61. The highest BCUT2D eigenvalue weighted by Crippen LogP contribution is 2.29. The van der Waals surface area contributed by atoms with Crippen LogP contribution in [0.15, 0.2) is 0 Å². The van der Waals surface area contributed by atoms with Crippen molar-refractivity contribution in [1.29, 1.82) is 0 Å². The molecule has 0 saturated heterocycles. The zero-order valence-corrected chi connectivity index (χ0v) is 12.9. The zero-order valence-electron chi connectivity index (χ0n) is 12.9. The van der Waals surface area contributed by atoms with Crippen molar-refractivity contribution in [3.05, 3.63) is 17.0 Å². The van der Waals surface area contributed by atoms with Crippen LogP contribution in [0.2, 0.25) is 0 Å². The molecule has 1 aliphatic heterocycles. The van der Waals surface area contributed by atoms with Gasteiger partial charge in [0.1, 0.15) is 0 Å². The lowest BCUT2D eigenvalue weighted by Gasteiger charge is -2.25. The van der Waals surface area contributed by atoms with E-state index in [1.54, 1.807) is 14.2 Å². The molecule has 7 nitrogen and oxygen atoms in total. The van der Waals surface area contributed by atoms with Crippen molar-refractivity contribution in [2.24, 2.45) is 0 Å². The molecule has 21 heavy (non-hydrogen) atoms. The van der Waals surface area contributed by atoms with Crippen molar-refractivity contribution in [3.63, 3.8) is 0 Å². The first kappa shape index (κ1) is 15.9. The molecular formula is C14H23N3O4. The molecule has 0 aromatic carbocycles. The molecule has 2 atom stereocenters. The van der Waals surface area contributed by atoms with Crippen LogP contribution in [0.4, 0.5) is 0 Å². The summed E-state index contributed by atoms with van der Waals surface area (Å²) in [5.41, 5.74) is 2.25. The van der Waals surface area contributed by atoms with Crippen LogP contribution >= 0.6 is 0 Å². The van der Waals surface area contributed by atoms with E-state index in [2.05, 4.69) is 15.5 Å². The summed E-state index contributed by atoms with van der Waals surface area (Å²) < 4.78 is 15.9. The van der Waals surface area contributed by atoms with E-state index in [0.717, 1.165) is 11.3 Å². The molecular weight excluding hydrogens is 274 g/mol. The minimum Gasteiger partial charge on any atom is -0.382 e. The van der Waals surface area contributed by atoms with E-state index in [-0.39, 0.29) is 24.2 Å². The van der Waals surface area contributed by atoms with Crippen LogP contribution in [-0.4, -0.2) is 55.7 Å². The average Bonchev–Trinajstić information content (AvgIpc) is 2.83. The molecule has 2 rings (SSSR count). The number of hydrogen-bond acceptors (Lipinski definition) is 5. The number of nitrogens with one attached hydrogen (secondary N) is 2. The van der Waals surface area contributed by atoms with Gasteiger partial charge in [0.2, 0.25) is 0 Å². The first-order valence-corrected chi connectivity index (χ1v) is 7.08. The second kappa shape index (κ2) is 7.02. The molecule has 0 unspecified atom stereocenters. The number of nitrogens with zero attached hydrogens (tertiary/aromatic N) is 1. The van der Waals surface area contributed by atoms with Crippen molar-refractivity contribution >= 4 is 5.91 Å². The van der Waals surface area contributed by atoms with Gasteiger partial charge in [0.15, 0.2) is 5.69 Å². The number of aromatic nitrogens is 2. The van der Waals surface area contributed by atoms with Crippen molar-refractivity contribution < 1.29 is 19.0 Å². The van der Waals surface area contributed by atoms with Crippen molar-refractivity contribution in [1.82, 2.24) is 15.5 Å². The number of carbonyl (C=O) groups excluding carboxylic acids is 1. The fraction of sp³-hybridized carbons (Fsp3) is 0.714. The molecule has 1 amide bonds. The Bertz CT molecular complexity index is 483. The Kier molecular flexibility index (Phi) is 5.33. The van der Waals surface area contributed by atoms with Crippen LogP contribution in [0.5, 0.6) is 0 Å². The number of ether oxygens (including phenoxy) is 3. The fourth-order valence-electron chi connectivity index (χ4n) is 2.65. The highest BCUT2D eigenvalue weighted by Gasteiger charge is 2.30. The van der Waals surface area contributed by atoms with Gasteiger partial charge in [-0.2, -0.15) is 5.10 Å². The Morgan fingerprint density at radius 3 is 2.71 bits per heavy atom. The van der Waals surface area contributed by atoms with Crippen molar-refractivity contribution in [2.75, 3.05) is 27.4 Å². The third-order valence-corrected chi connectivity index (χ3v) is 3.52. The predicted molar refractivity (Wildman–Crippen MR) is 76.3 cm³/mol. The lowest BCUT2D eigenvalue weighted by Crippen LogP contribution is -2.41. The Labute approximate surface area is 124 Å². The minimum absolute atomic E-state index is 0.0744. The molecule has 0 aliphatic carbocycles. The predicted octanol–water partition coefficient (Wildman–Crippen LogP) is 0.823. The number of carbonyl (C=O) groups is 1. The number of rotatable bonds is 6. The Balaban J connectivity index is 2.13. The SMILES string of the molecule is COCC(COC)NC(=O)c1n[nH]c2c1C[C@H](C)O[C@@H]2C. The standard InChI is InChI=1S/C14H23N3O4/c1-8-5-11-12(9(2)21-8)16-17-13(11)14(18)15-10(6-19-3)7-20-4/h8-10H,5-7H2,1-4H3,(H,15,18)(H,16,17)/t8-,9+/m0/s1. The van der Waals surface area contributed by atoms with Crippen LogP contribution in [0, 0.1) is 0 Å². The molecule has 0 fully saturated rings. The monoisotopic (exact) mass is 297 g/mol. The van der Waals surface area contributed by atoms with Gasteiger partial charge in [-0.05, 0) is 13.8 Å². The highest BCUT2D eigenvalue weighted by molar-refractivity contribution is 5.94. The van der Waals surface area contributed by atoms with Crippen molar-refractivity contribution in [3.8, 4) is 0 Å². The van der Waals surface area contributed by atoms with Crippen molar-refractivity contribution in [2.45, 2.75) is 38.5 Å². The summed E-state index contributed by atoms with van der Waals surface area (Å²) in [6.45, 7) is 4.73. The minimum atomic E-state index is -0.215. The summed E-state index contributed by atoms with van der Waals surface area (Å²) in [7, 11) is 3.18. The van der Waals surface area contributed by atoms with Gasteiger partial charge in [-0.3, -0.25) is 9.89 Å². The maximum absolute atomic E-state index is 12.4. The van der Waals surface area contributed by atoms with E-state index >= 15 is 0 Å². The van der Waals surface area contributed by atoms with E-state index < -0.39 is 0 Å². The summed E-state index contributed by atoms with van der Waals surface area (Å²) in [5.74, 6) is -0.215. The topological polar surface area (TPSA) is 85.5 Å². The van der Waals surface area contributed by atoms with E-state index in [9.17, 15) is 4.79 Å². The van der Waals surface area contributed by atoms with Gasteiger partial charge >= 0.3 is 0 Å². The zero-order chi connectivity index (χ0) is 15.4. The Hall–Kier alpha value is -1.44. The largest absolute Gasteiger partial charge is 0.382 e. The Morgan fingerprint density at radius 2 is 2.10 bits per heavy atom. The van der Waals surface area contributed by atoms with Gasteiger partial charge < -0.3 is 19.5 Å². The number of fused-ring (bicyclic) bond motifs is 1. The molecule has 0 saturated carbocycles. The van der Waals surface area contributed by atoms with Gasteiger partial charge in [0.05, 0.1) is 37.2 Å². The van der Waals surface area contributed by atoms with Gasteiger partial charge in [-0.15, -0.1) is 0 Å². The molecule has 0 bridgehead atoms. The van der Waals surface area contributed by atoms with E-state index in [1.807, 2.05) is 13.8 Å². The summed E-state index contributed by atoms with van der Waals surface area (Å²) in [6, 6.07) is -0.200. The molecule has 0 spiro atoms. The first-order valence-electron chi connectivity index (χ1n) is 7.08. The normalized spacial score (nSPS) is 21.4. The maximum atomic E-state index is 12.4. The van der Waals surface area contributed by atoms with Gasteiger partial charge in [0.25, 0.3) is 5.91 Å². The maximum Gasteiger partial charge on any atom is 0.272 e. The second-order valence-corrected chi connectivity index (χ2v) is 5.34. The van der Waals surface area contributed by atoms with Gasteiger partial charge in [0, 0.05) is 26.2 Å². The second-order valence-electron chi connectivity index (χ2n) is 5.34. The first-order chi connectivity index (χ1) is 10.1. The lowest BCUT2D eigenvalue weighted by molar-refractivity contribution is -0.00698. The summed E-state index contributed by atoms with van der Waals surface area (Å²) in [6.07, 6.45) is 0.676. The average molecular weight is 297 g/mol. The molecule has 1 aromatic rings. The molecule has 0 radical (unpaired) electrons. The van der Waals surface area contributed by atoms with E-state index in [0.29, 0.717) is 25.3 Å². The smallest absolute Gasteiger partial charge is 0.272 e. The lowest BCUT2D eigenvalue weighted by atomic mass is 9.99. The molecule has 2 heterocycles. The van der Waals surface area contributed by atoms with E-state index in [1.165, 1.54) is 0 Å².